The Bertz CT molecular complexity index is 819. The van der Waals surface area contributed by atoms with Crippen LogP contribution in [0.3, 0.4) is 0 Å². The van der Waals surface area contributed by atoms with Crippen molar-refractivity contribution in [1.29, 1.82) is 0 Å². The van der Waals surface area contributed by atoms with Crippen LogP contribution in [0, 0.1) is 13.8 Å². The van der Waals surface area contributed by atoms with Gasteiger partial charge in [0.25, 0.3) is 0 Å². The van der Waals surface area contributed by atoms with E-state index in [9.17, 15) is 18.0 Å². The van der Waals surface area contributed by atoms with Crippen molar-refractivity contribution in [2.45, 2.75) is 40.0 Å². The number of amides is 1. The maximum atomic E-state index is 13.3. The molecule has 0 aliphatic heterocycles. The Morgan fingerprint density at radius 3 is 2.46 bits per heavy atom. The molecule has 2 aromatic rings. The van der Waals surface area contributed by atoms with Crippen molar-refractivity contribution in [3.8, 4) is 5.75 Å². The van der Waals surface area contributed by atoms with E-state index in [1.807, 2.05) is 0 Å². The molecule has 0 bridgehead atoms. The number of aryl methyl sites for hydroxylation is 2. The number of alkyl halides is 3. The van der Waals surface area contributed by atoms with Crippen molar-refractivity contribution in [1.82, 2.24) is 0 Å². The Morgan fingerprint density at radius 2 is 1.85 bits per heavy atom. The van der Waals surface area contributed by atoms with Crippen LogP contribution in [-0.2, 0) is 17.6 Å². The number of benzene rings is 2. The minimum absolute atomic E-state index is 0.119. The highest BCUT2D eigenvalue weighted by Gasteiger charge is 2.35. The minimum atomic E-state index is -4.51. The van der Waals surface area contributed by atoms with Gasteiger partial charge in [0.15, 0.2) is 0 Å². The average Bonchev–Trinajstić information content (AvgIpc) is 2.56. The van der Waals surface area contributed by atoms with Gasteiger partial charge in [0.2, 0.25) is 5.91 Å². The molecule has 0 saturated heterocycles. The number of anilines is 1. The molecule has 7 heteroatoms. The summed E-state index contributed by atoms with van der Waals surface area (Å²) in [5.74, 6) is -0.421. The molecule has 3 nitrogen and oxygen atoms in total. The first-order valence-corrected chi connectivity index (χ1v) is 8.81. The fraction of sp³-hybridized carbons (Fsp3) is 0.316. The number of ether oxygens (including phenoxy) is 1. The van der Waals surface area contributed by atoms with E-state index < -0.39 is 11.7 Å². The van der Waals surface area contributed by atoms with Gasteiger partial charge in [-0.1, -0.05) is 28.9 Å². The standard InChI is InChI=1S/C19H19BrF3NO2/c1-4-18(25)24-16-7-5-6-15(20)13(16)10-26-17-9-12(3)11(2)8-14(17)19(21,22)23/h5-9H,4,10H2,1-3H3,(H,24,25). The maximum Gasteiger partial charge on any atom is 0.419 e. The Hall–Kier alpha value is -2.02. The van der Waals surface area contributed by atoms with Crippen LogP contribution < -0.4 is 10.1 Å². The summed E-state index contributed by atoms with van der Waals surface area (Å²) in [6.07, 6.45) is -4.22. The monoisotopic (exact) mass is 429 g/mol. The van der Waals surface area contributed by atoms with E-state index in [1.165, 1.54) is 6.07 Å². The lowest BCUT2D eigenvalue weighted by atomic mass is 10.0. The lowest BCUT2D eigenvalue weighted by molar-refractivity contribution is -0.139. The second-order valence-electron chi connectivity index (χ2n) is 5.89. The van der Waals surface area contributed by atoms with Crippen LogP contribution >= 0.6 is 15.9 Å². The van der Waals surface area contributed by atoms with E-state index >= 15 is 0 Å². The van der Waals surface area contributed by atoms with Gasteiger partial charge in [-0.3, -0.25) is 4.79 Å². The van der Waals surface area contributed by atoms with Gasteiger partial charge >= 0.3 is 6.18 Å². The van der Waals surface area contributed by atoms with Crippen molar-refractivity contribution in [3.05, 3.63) is 57.1 Å². The first-order valence-electron chi connectivity index (χ1n) is 8.02. The van der Waals surface area contributed by atoms with Gasteiger partial charge in [-0.25, -0.2) is 0 Å². The molecule has 0 heterocycles. The van der Waals surface area contributed by atoms with E-state index in [4.69, 9.17) is 4.74 Å². The second-order valence-corrected chi connectivity index (χ2v) is 6.74. The molecule has 2 rings (SSSR count). The van der Waals surface area contributed by atoms with Crippen LogP contribution in [0.1, 0.15) is 35.6 Å². The fourth-order valence-electron chi connectivity index (χ4n) is 2.34. The minimum Gasteiger partial charge on any atom is -0.488 e. The molecule has 0 unspecified atom stereocenters. The molecular weight excluding hydrogens is 411 g/mol. The molecule has 0 aliphatic rings. The van der Waals surface area contributed by atoms with Gasteiger partial charge in [0.05, 0.1) is 5.56 Å². The molecule has 26 heavy (non-hydrogen) atoms. The fourth-order valence-corrected chi connectivity index (χ4v) is 2.82. The summed E-state index contributed by atoms with van der Waals surface area (Å²) < 4.78 is 46.1. The topological polar surface area (TPSA) is 38.3 Å². The summed E-state index contributed by atoms with van der Waals surface area (Å²) in [7, 11) is 0. The van der Waals surface area contributed by atoms with E-state index in [1.54, 1.807) is 39.0 Å². The van der Waals surface area contributed by atoms with Gasteiger partial charge in [-0.15, -0.1) is 0 Å². The molecule has 0 aromatic heterocycles. The molecular formula is C19H19BrF3NO2. The first-order chi connectivity index (χ1) is 12.1. The van der Waals surface area contributed by atoms with Gasteiger partial charge in [0.1, 0.15) is 12.4 Å². The molecule has 2 aromatic carbocycles. The van der Waals surface area contributed by atoms with Crippen LogP contribution in [0.4, 0.5) is 18.9 Å². The summed E-state index contributed by atoms with van der Waals surface area (Å²) in [5, 5.41) is 2.73. The molecule has 0 spiro atoms. The SMILES string of the molecule is CCC(=O)Nc1cccc(Br)c1COc1cc(C)c(C)cc1C(F)(F)F. The summed E-state index contributed by atoms with van der Waals surface area (Å²) in [6, 6.07) is 7.63. The lowest BCUT2D eigenvalue weighted by Gasteiger charge is -2.18. The molecule has 0 radical (unpaired) electrons. The largest absolute Gasteiger partial charge is 0.488 e. The second kappa shape index (κ2) is 8.12. The van der Waals surface area contributed by atoms with Crippen LogP contribution in [0.2, 0.25) is 0 Å². The number of halogens is 4. The van der Waals surface area contributed by atoms with E-state index in [-0.39, 0.29) is 18.3 Å². The third-order valence-corrected chi connectivity index (χ3v) is 4.73. The van der Waals surface area contributed by atoms with Gasteiger partial charge in [0, 0.05) is 22.1 Å². The Balaban J connectivity index is 2.35. The lowest BCUT2D eigenvalue weighted by Crippen LogP contribution is -2.13. The third kappa shape index (κ3) is 4.78. The summed E-state index contributed by atoms with van der Waals surface area (Å²) >= 11 is 3.36. The van der Waals surface area contributed by atoms with Crippen molar-refractivity contribution in [2.24, 2.45) is 0 Å². The predicted molar refractivity (Wildman–Crippen MR) is 98.3 cm³/mol. The summed E-state index contributed by atoms with van der Waals surface area (Å²) in [4.78, 5) is 11.7. The zero-order valence-corrected chi connectivity index (χ0v) is 16.2. The zero-order valence-electron chi connectivity index (χ0n) is 14.6. The van der Waals surface area contributed by atoms with Crippen LogP contribution in [0.5, 0.6) is 5.75 Å². The molecule has 0 aliphatic carbocycles. The molecule has 0 atom stereocenters. The van der Waals surface area contributed by atoms with Crippen LogP contribution in [-0.4, -0.2) is 5.91 Å². The molecule has 140 valence electrons. The number of hydrogen-bond acceptors (Lipinski definition) is 2. The molecule has 1 N–H and O–H groups in total. The van der Waals surface area contributed by atoms with Crippen molar-refractivity contribution < 1.29 is 22.7 Å². The molecule has 0 saturated carbocycles. The van der Waals surface area contributed by atoms with E-state index in [2.05, 4.69) is 21.2 Å². The third-order valence-electron chi connectivity index (χ3n) is 3.99. The van der Waals surface area contributed by atoms with Crippen LogP contribution in [0.15, 0.2) is 34.8 Å². The highest BCUT2D eigenvalue weighted by Crippen LogP contribution is 2.38. The Kier molecular flexibility index (Phi) is 6.34. The number of hydrogen-bond donors (Lipinski definition) is 1. The summed E-state index contributed by atoms with van der Waals surface area (Å²) in [6.45, 7) is 4.95. The van der Waals surface area contributed by atoms with Crippen LogP contribution in [0.25, 0.3) is 0 Å². The van der Waals surface area contributed by atoms with Gasteiger partial charge < -0.3 is 10.1 Å². The number of nitrogens with one attached hydrogen (secondary N) is 1. The highest BCUT2D eigenvalue weighted by atomic mass is 79.9. The highest BCUT2D eigenvalue weighted by molar-refractivity contribution is 9.10. The van der Waals surface area contributed by atoms with Crippen molar-refractivity contribution in [3.63, 3.8) is 0 Å². The van der Waals surface area contributed by atoms with E-state index in [0.717, 1.165) is 6.07 Å². The smallest absolute Gasteiger partial charge is 0.419 e. The molecule has 0 fully saturated rings. The Labute approximate surface area is 158 Å². The predicted octanol–water partition coefficient (Wildman–Crippen LogP) is 6.01. The summed E-state index contributed by atoms with van der Waals surface area (Å²) in [5.41, 5.74) is 1.51. The van der Waals surface area contributed by atoms with Gasteiger partial charge in [-0.05, 0) is 49.2 Å². The first kappa shape index (κ1) is 20.3. The molecule has 1 amide bonds. The Morgan fingerprint density at radius 1 is 1.19 bits per heavy atom. The van der Waals surface area contributed by atoms with Crippen molar-refractivity contribution >= 4 is 27.5 Å². The van der Waals surface area contributed by atoms with E-state index in [0.29, 0.717) is 33.3 Å². The van der Waals surface area contributed by atoms with Crippen molar-refractivity contribution in [2.75, 3.05) is 5.32 Å². The number of carbonyl (C=O) groups excluding carboxylic acids is 1. The zero-order chi connectivity index (χ0) is 19.5. The maximum absolute atomic E-state index is 13.3. The quantitative estimate of drug-likeness (QED) is 0.631. The van der Waals surface area contributed by atoms with Gasteiger partial charge in [-0.2, -0.15) is 13.2 Å². The average molecular weight is 430 g/mol. The number of carbonyl (C=O) groups is 1. The number of rotatable bonds is 5. The normalized spacial score (nSPS) is 11.3.